The lowest BCUT2D eigenvalue weighted by Crippen LogP contribution is -2.23. The fourth-order valence-electron chi connectivity index (χ4n) is 7.52. The molecule has 0 aliphatic heterocycles. The minimum atomic E-state index is -0.0681. The number of fused-ring (bicyclic) bond motifs is 4. The van der Waals surface area contributed by atoms with E-state index in [1.54, 1.807) is 0 Å². The molecule has 0 bridgehead atoms. The van der Waals surface area contributed by atoms with Crippen molar-refractivity contribution in [3.63, 3.8) is 0 Å². The van der Waals surface area contributed by atoms with E-state index in [0.717, 1.165) is 50.5 Å². The van der Waals surface area contributed by atoms with E-state index in [9.17, 15) is 0 Å². The summed E-state index contributed by atoms with van der Waals surface area (Å²) in [5, 5.41) is 2.33. The predicted molar refractivity (Wildman–Crippen MR) is 221 cm³/mol. The third-order valence-electron chi connectivity index (χ3n) is 10.3. The summed E-state index contributed by atoms with van der Waals surface area (Å²) in [7, 11) is 0. The highest BCUT2D eigenvalue weighted by Crippen LogP contribution is 2.44. The van der Waals surface area contributed by atoms with Crippen molar-refractivity contribution in [1.29, 1.82) is 0 Å². The smallest absolute Gasteiger partial charge is 0.138 e. The highest BCUT2D eigenvalue weighted by Gasteiger charge is 2.30. The van der Waals surface area contributed by atoms with Crippen LogP contribution in [0, 0.1) is 0 Å². The molecule has 0 aliphatic rings. The Hall–Kier alpha value is -5.68. The molecule has 0 saturated carbocycles. The third kappa shape index (κ3) is 6.28. The topological polar surface area (TPSA) is 44.9 Å². The fourth-order valence-corrected chi connectivity index (χ4v) is 7.52. The van der Waals surface area contributed by atoms with E-state index < -0.39 is 0 Å². The highest BCUT2D eigenvalue weighted by molar-refractivity contribution is 6.09. The number of aromatic nitrogens is 4. The second-order valence-corrected chi connectivity index (χ2v) is 17.3. The summed E-state index contributed by atoms with van der Waals surface area (Å²) in [4.78, 5) is 9.63. The Morgan fingerprint density at radius 1 is 0.528 bits per heavy atom. The van der Waals surface area contributed by atoms with Crippen LogP contribution in [-0.2, 0) is 16.2 Å². The molecule has 53 heavy (non-hydrogen) atoms. The SMILES string of the molecule is CC(C)(C)c1cc(C(C)(C)C)c(-c2ccnc(-n3c4ccccc4c4ccc(Oc5cccc(-n6cnc7ccccc76)c5)cc43)c2)c(C(C)(C)C)c1. The van der Waals surface area contributed by atoms with Gasteiger partial charge < -0.3 is 4.74 Å². The lowest BCUT2D eigenvalue weighted by atomic mass is 9.71. The minimum Gasteiger partial charge on any atom is -0.457 e. The molecule has 0 fully saturated rings. The lowest BCUT2D eigenvalue weighted by molar-refractivity contribution is 0.483. The van der Waals surface area contributed by atoms with Gasteiger partial charge in [0.2, 0.25) is 0 Å². The van der Waals surface area contributed by atoms with Gasteiger partial charge in [-0.25, -0.2) is 9.97 Å². The zero-order valence-corrected chi connectivity index (χ0v) is 32.3. The Morgan fingerprint density at radius 2 is 1.19 bits per heavy atom. The second kappa shape index (κ2) is 12.5. The lowest BCUT2D eigenvalue weighted by Gasteiger charge is -2.34. The maximum atomic E-state index is 6.59. The van der Waals surface area contributed by atoms with Gasteiger partial charge >= 0.3 is 0 Å². The van der Waals surface area contributed by atoms with Crippen molar-refractivity contribution in [2.75, 3.05) is 0 Å². The van der Waals surface area contributed by atoms with E-state index in [-0.39, 0.29) is 16.2 Å². The zero-order chi connectivity index (χ0) is 37.3. The Bertz CT molecular complexity index is 2620. The van der Waals surface area contributed by atoms with Crippen LogP contribution < -0.4 is 4.74 Å². The Labute approximate surface area is 312 Å². The summed E-state index contributed by atoms with van der Waals surface area (Å²) in [5.74, 6) is 2.39. The molecule has 3 heterocycles. The molecule has 5 nitrogen and oxygen atoms in total. The number of rotatable bonds is 5. The van der Waals surface area contributed by atoms with Gasteiger partial charge in [0.15, 0.2) is 0 Å². The van der Waals surface area contributed by atoms with Crippen LogP contribution in [0.2, 0.25) is 0 Å². The molecule has 5 aromatic carbocycles. The number of ether oxygens (including phenoxy) is 1. The quantitative estimate of drug-likeness (QED) is 0.180. The van der Waals surface area contributed by atoms with Crippen LogP contribution in [0.3, 0.4) is 0 Å². The first-order valence-electron chi connectivity index (χ1n) is 18.6. The van der Waals surface area contributed by atoms with Crippen molar-refractivity contribution in [1.82, 2.24) is 19.1 Å². The van der Waals surface area contributed by atoms with Gasteiger partial charge in [0.1, 0.15) is 23.6 Å². The molecule has 3 aromatic heterocycles. The largest absolute Gasteiger partial charge is 0.457 e. The molecule has 5 heteroatoms. The summed E-state index contributed by atoms with van der Waals surface area (Å²) >= 11 is 0. The van der Waals surface area contributed by atoms with Crippen molar-refractivity contribution < 1.29 is 4.74 Å². The number of para-hydroxylation sites is 3. The third-order valence-corrected chi connectivity index (χ3v) is 10.3. The molecule has 0 atom stereocenters. The summed E-state index contributed by atoms with van der Waals surface area (Å²) in [6.45, 7) is 20.9. The van der Waals surface area contributed by atoms with E-state index in [1.165, 1.54) is 33.2 Å². The van der Waals surface area contributed by atoms with Gasteiger partial charge in [-0.2, -0.15) is 0 Å². The molecule has 0 spiro atoms. The zero-order valence-electron chi connectivity index (χ0n) is 32.3. The molecular weight excluding hydrogens is 649 g/mol. The normalized spacial score (nSPS) is 12.6. The van der Waals surface area contributed by atoms with Crippen LogP contribution in [0.1, 0.15) is 79.0 Å². The molecular formula is C48H48N4O. The summed E-state index contributed by atoms with van der Waals surface area (Å²) in [6, 6.07) is 40.6. The van der Waals surface area contributed by atoms with Gasteiger partial charge in [-0.1, -0.05) is 111 Å². The van der Waals surface area contributed by atoms with Crippen molar-refractivity contribution >= 4 is 32.8 Å². The number of nitrogens with zero attached hydrogens (tertiary/aromatic N) is 4. The van der Waals surface area contributed by atoms with Gasteiger partial charge in [-0.05, 0) is 98.7 Å². The van der Waals surface area contributed by atoms with Crippen molar-refractivity contribution in [2.24, 2.45) is 0 Å². The van der Waals surface area contributed by atoms with Crippen LogP contribution in [0.25, 0.3) is 55.5 Å². The Morgan fingerprint density at radius 3 is 1.91 bits per heavy atom. The fraction of sp³-hybridized carbons (Fsp3) is 0.250. The molecule has 0 saturated heterocycles. The van der Waals surface area contributed by atoms with Gasteiger partial charge in [0, 0.05) is 29.1 Å². The van der Waals surface area contributed by atoms with Crippen LogP contribution >= 0.6 is 0 Å². The standard InChI is InChI=1S/C48H48N4O/c1-46(2,3)32-26-38(47(4,5)6)45(39(27-32)48(7,8)9)31-23-24-49-44(25-31)52-41-19-12-10-17-36(41)37-22-21-35(29-43(37)52)53-34-16-14-15-33(28-34)51-30-50-40-18-11-13-20-42(40)51/h10-30H,1-9H3. The van der Waals surface area contributed by atoms with Crippen LogP contribution in [0.5, 0.6) is 11.5 Å². The maximum Gasteiger partial charge on any atom is 0.138 e. The Balaban J connectivity index is 1.27. The van der Waals surface area contributed by atoms with E-state index in [0.29, 0.717) is 0 Å². The predicted octanol–water partition coefficient (Wildman–Crippen LogP) is 12.9. The first-order chi connectivity index (χ1) is 25.2. The van der Waals surface area contributed by atoms with Gasteiger partial charge in [-0.15, -0.1) is 0 Å². The summed E-state index contributed by atoms with van der Waals surface area (Å²) in [5.41, 5.74) is 11.6. The maximum absolute atomic E-state index is 6.59. The molecule has 8 aromatic rings. The number of hydrogen-bond donors (Lipinski definition) is 0. The summed E-state index contributed by atoms with van der Waals surface area (Å²) in [6.07, 6.45) is 3.83. The average Bonchev–Trinajstić information content (AvgIpc) is 3.69. The van der Waals surface area contributed by atoms with Crippen LogP contribution in [0.4, 0.5) is 0 Å². The molecule has 0 aliphatic carbocycles. The number of benzene rings is 5. The first-order valence-corrected chi connectivity index (χ1v) is 18.6. The van der Waals surface area contributed by atoms with Gasteiger partial charge in [-0.3, -0.25) is 9.13 Å². The highest BCUT2D eigenvalue weighted by atomic mass is 16.5. The minimum absolute atomic E-state index is 0.0276. The molecule has 0 radical (unpaired) electrons. The van der Waals surface area contributed by atoms with Crippen molar-refractivity contribution in [3.05, 3.63) is 144 Å². The van der Waals surface area contributed by atoms with E-state index >= 15 is 0 Å². The Kier molecular flexibility index (Phi) is 8.10. The molecule has 8 rings (SSSR count). The van der Waals surface area contributed by atoms with Crippen molar-refractivity contribution in [2.45, 2.75) is 78.6 Å². The molecule has 0 amide bonds. The number of imidazole rings is 1. The van der Waals surface area contributed by atoms with Crippen molar-refractivity contribution in [3.8, 4) is 34.1 Å². The average molecular weight is 697 g/mol. The van der Waals surface area contributed by atoms with E-state index in [1.807, 2.05) is 42.9 Å². The van der Waals surface area contributed by atoms with Crippen LogP contribution in [0.15, 0.2) is 128 Å². The van der Waals surface area contributed by atoms with Gasteiger partial charge in [0.05, 0.1) is 27.8 Å². The first kappa shape index (κ1) is 34.4. The monoisotopic (exact) mass is 696 g/mol. The van der Waals surface area contributed by atoms with Crippen LogP contribution in [-0.4, -0.2) is 19.1 Å². The van der Waals surface area contributed by atoms with E-state index in [2.05, 4.69) is 161 Å². The molecule has 266 valence electrons. The number of hydrogen-bond acceptors (Lipinski definition) is 3. The number of pyridine rings is 1. The molecule has 0 N–H and O–H groups in total. The second-order valence-electron chi connectivity index (χ2n) is 17.3. The van der Waals surface area contributed by atoms with E-state index in [4.69, 9.17) is 9.72 Å². The summed E-state index contributed by atoms with van der Waals surface area (Å²) < 4.78 is 11.0. The molecule has 0 unspecified atom stereocenters. The van der Waals surface area contributed by atoms with Gasteiger partial charge in [0.25, 0.3) is 0 Å².